The number of phosphoric acid groups is 1. The molecule has 0 radical (unpaired) electrons. The topological polar surface area (TPSA) is 157 Å². The molecule has 1 fully saturated rings. The van der Waals surface area contributed by atoms with Gasteiger partial charge in [0, 0.05) is 0 Å². The fraction of sp³-hybridized carbons (Fsp3) is 0.395. The minimum absolute atomic E-state index is 0.0746. The van der Waals surface area contributed by atoms with E-state index in [-0.39, 0.29) is 6.42 Å². The lowest BCUT2D eigenvalue weighted by molar-refractivity contribution is -0.152. The number of aliphatic hydroxyl groups is 2. The molecule has 266 valence electrons. The number of esters is 1. The number of cyclic esters (lactones) is 1. The van der Waals surface area contributed by atoms with Crippen molar-refractivity contribution in [2.75, 3.05) is 6.61 Å². The summed E-state index contributed by atoms with van der Waals surface area (Å²) in [6, 6.07) is 0. The Morgan fingerprint density at radius 1 is 0.898 bits per heavy atom. The van der Waals surface area contributed by atoms with Crippen LogP contribution >= 0.6 is 7.82 Å². The number of carbonyl (C=O) groups is 3. The summed E-state index contributed by atoms with van der Waals surface area (Å²) in [7, 11) is -4.88. The van der Waals surface area contributed by atoms with Gasteiger partial charge in [-0.3, -0.25) is 18.6 Å². The van der Waals surface area contributed by atoms with E-state index < -0.39 is 61.8 Å². The summed E-state index contributed by atoms with van der Waals surface area (Å²) in [5, 5.41) is 19.8. The van der Waals surface area contributed by atoms with Crippen molar-refractivity contribution >= 4 is 25.4 Å². The lowest BCUT2D eigenvalue weighted by Crippen LogP contribution is -2.40. The first-order valence-corrected chi connectivity index (χ1v) is 17.4. The minimum Gasteiger partial charge on any atom is -0.450 e. The molecular weight excluding hydrogens is 647 g/mol. The predicted molar refractivity (Wildman–Crippen MR) is 190 cm³/mol. The van der Waals surface area contributed by atoms with Gasteiger partial charge in [-0.25, -0.2) is 9.36 Å². The Morgan fingerprint density at radius 2 is 1.41 bits per heavy atom. The van der Waals surface area contributed by atoms with Gasteiger partial charge in [0.2, 0.25) is 0 Å². The van der Waals surface area contributed by atoms with E-state index in [1.807, 2.05) is 108 Å². The standard InChI is InChI=1S/C38H49O10P/c1-9-14-25(2)17-12-18-26(3)15-10-11-16-27(4)19-13-20-28(5)21-22-30-29(6)33(40)32(23-38(30,7)8)48-49(44,45)46-24-31(39)36-34(41)35(42)37(43)47-36/h9-22,31-32,34,36,39,41H,23-24H2,1-8H3,(H,44,45)/t31-,32?,34?,36+/m0/s1. The second kappa shape index (κ2) is 18.9. The molecule has 3 N–H and O–H groups in total. The third-order valence-corrected chi connectivity index (χ3v) is 8.77. The summed E-state index contributed by atoms with van der Waals surface area (Å²) in [5.41, 5.74) is 4.83. The van der Waals surface area contributed by atoms with Crippen LogP contribution in [0.4, 0.5) is 0 Å². The van der Waals surface area contributed by atoms with Crippen molar-refractivity contribution in [1.29, 1.82) is 0 Å². The Labute approximate surface area is 289 Å². The van der Waals surface area contributed by atoms with Crippen molar-refractivity contribution < 1.29 is 47.8 Å². The van der Waals surface area contributed by atoms with Gasteiger partial charge in [-0.05, 0) is 64.5 Å². The van der Waals surface area contributed by atoms with Crippen LogP contribution in [0.1, 0.15) is 61.8 Å². The van der Waals surface area contributed by atoms with Crippen molar-refractivity contribution in [3.8, 4) is 0 Å². The first kappa shape index (κ1) is 41.4. The summed E-state index contributed by atoms with van der Waals surface area (Å²) < 4.78 is 27.2. The molecule has 1 heterocycles. The lowest BCUT2D eigenvalue weighted by Gasteiger charge is -2.36. The van der Waals surface area contributed by atoms with E-state index in [4.69, 9.17) is 9.05 Å². The third kappa shape index (κ3) is 13.2. The van der Waals surface area contributed by atoms with Crippen molar-refractivity contribution in [3.63, 3.8) is 0 Å². The molecule has 1 aliphatic heterocycles. The van der Waals surface area contributed by atoms with Gasteiger partial charge < -0.3 is 19.8 Å². The summed E-state index contributed by atoms with van der Waals surface area (Å²) in [6.07, 6.45) is 21.3. The summed E-state index contributed by atoms with van der Waals surface area (Å²) in [5.74, 6) is -3.06. The van der Waals surface area contributed by atoms with Gasteiger partial charge in [0.1, 0.15) is 12.2 Å². The maximum absolute atomic E-state index is 13.2. The highest BCUT2D eigenvalue weighted by atomic mass is 31.2. The molecule has 0 amide bonds. The molecule has 0 spiro atoms. The molecule has 1 aliphatic carbocycles. The molecule has 0 aromatic carbocycles. The molecule has 0 bridgehead atoms. The van der Waals surface area contributed by atoms with Crippen molar-refractivity contribution in [2.24, 2.45) is 5.41 Å². The van der Waals surface area contributed by atoms with Gasteiger partial charge in [0.15, 0.2) is 18.0 Å². The number of aliphatic hydroxyl groups excluding tert-OH is 2. The van der Waals surface area contributed by atoms with Crippen molar-refractivity contribution in [1.82, 2.24) is 0 Å². The first-order valence-electron chi connectivity index (χ1n) is 15.9. The van der Waals surface area contributed by atoms with Crippen LogP contribution in [0, 0.1) is 5.41 Å². The Kier molecular flexibility index (Phi) is 15.9. The molecule has 2 aliphatic rings. The largest absolute Gasteiger partial charge is 0.472 e. The molecule has 3 unspecified atom stereocenters. The SMILES string of the molecule is CC=CC(C)=CC=CC(C)=CC=CC=C(C)C=CC=C(C)C=CC1=C(C)C(=O)C(OP(=O)(O)OC[C@H](O)[C@H]2OC(=O)C(=O)C2O)CC1(C)C. The van der Waals surface area contributed by atoms with Crippen LogP contribution in [0.3, 0.4) is 0 Å². The maximum atomic E-state index is 13.2. The molecule has 2 rings (SSSR count). The normalized spacial score (nSPS) is 25.2. The van der Waals surface area contributed by atoms with E-state index in [0.29, 0.717) is 5.57 Å². The quantitative estimate of drug-likeness (QED) is 0.0737. The lowest BCUT2D eigenvalue weighted by atomic mass is 9.71. The van der Waals surface area contributed by atoms with Crippen LogP contribution in [0.5, 0.6) is 0 Å². The van der Waals surface area contributed by atoms with E-state index >= 15 is 0 Å². The Bertz CT molecular complexity index is 1610. The number of phosphoric ester groups is 1. The monoisotopic (exact) mass is 696 g/mol. The number of allylic oxidation sites excluding steroid dienone is 19. The summed E-state index contributed by atoms with van der Waals surface area (Å²) >= 11 is 0. The van der Waals surface area contributed by atoms with Crippen LogP contribution in [-0.4, -0.2) is 63.7 Å². The molecule has 0 aromatic heterocycles. The predicted octanol–water partition coefficient (Wildman–Crippen LogP) is 6.61. The average Bonchev–Trinajstić information content (AvgIpc) is 3.27. The number of ether oxygens (including phenoxy) is 1. The average molecular weight is 697 g/mol. The number of Topliss-reactive ketones (excluding diaryl/α,β-unsaturated/α-hetero) is 2. The highest BCUT2D eigenvalue weighted by Crippen LogP contribution is 2.50. The van der Waals surface area contributed by atoms with E-state index in [1.165, 1.54) is 5.57 Å². The number of rotatable bonds is 15. The van der Waals surface area contributed by atoms with Crippen LogP contribution in [0.2, 0.25) is 0 Å². The van der Waals surface area contributed by atoms with E-state index in [0.717, 1.165) is 22.3 Å². The number of ketones is 2. The highest BCUT2D eigenvalue weighted by molar-refractivity contribution is 7.47. The van der Waals surface area contributed by atoms with Gasteiger partial charge in [-0.15, -0.1) is 0 Å². The molecule has 1 saturated heterocycles. The minimum atomic E-state index is -4.88. The van der Waals surface area contributed by atoms with E-state index in [9.17, 15) is 34.1 Å². The Hall–Kier alpha value is -3.76. The van der Waals surface area contributed by atoms with Crippen LogP contribution in [0.25, 0.3) is 0 Å². The van der Waals surface area contributed by atoms with Gasteiger partial charge in [-0.1, -0.05) is 121 Å². The van der Waals surface area contributed by atoms with Crippen molar-refractivity contribution in [2.45, 2.75) is 86.2 Å². The van der Waals surface area contributed by atoms with Gasteiger partial charge in [0.05, 0.1) is 6.61 Å². The second-order valence-electron chi connectivity index (χ2n) is 12.7. The van der Waals surface area contributed by atoms with Crippen LogP contribution < -0.4 is 0 Å². The molecule has 5 atom stereocenters. The van der Waals surface area contributed by atoms with Crippen molar-refractivity contribution in [3.05, 3.63) is 119 Å². The fourth-order valence-electron chi connectivity index (χ4n) is 5.06. The van der Waals surface area contributed by atoms with Crippen LogP contribution in [0.15, 0.2) is 119 Å². The zero-order valence-corrected chi connectivity index (χ0v) is 30.3. The summed E-state index contributed by atoms with van der Waals surface area (Å²) in [4.78, 5) is 46.1. The smallest absolute Gasteiger partial charge is 0.450 e. The number of hydrogen-bond acceptors (Lipinski definition) is 9. The zero-order chi connectivity index (χ0) is 36.9. The van der Waals surface area contributed by atoms with E-state index in [1.54, 1.807) is 6.92 Å². The van der Waals surface area contributed by atoms with E-state index in [2.05, 4.69) is 29.9 Å². The van der Waals surface area contributed by atoms with Gasteiger partial charge in [0.25, 0.3) is 5.78 Å². The second-order valence-corrected chi connectivity index (χ2v) is 14.1. The Morgan fingerprint density at radius 3 is 1.92 bits per heavy atom. The molecule has 0 saturated carbocycles. The third-order valence-electron chi connectivity index (χ3n) is 7.77. The van der Waals surface area contributed by atoms with Gasteiger partial charge in [-0.2, -0.15) is 0 Å². The fourth-order valence-corrected chi connectivity index (χ4v) is 5.96. The molecule has 49 heavy (non-hydrogen) atoms. The first-order chi connectivity index (χ1) is 22.9. The number of hydrogen-bond donors (Lipinski definition) is 3. The number of carbonyl (C=O) groups excluding carboxylic acids is 3. The molecular formula is C38H49O10P. The molecule has 0 aromatic rings. The maximum Gasteiger partial charge on any atom is 0.472 e. The van der Waals surface area contributed by atoms with Gasteiger partial charge >= 0.3 is 13.8 Å². The highest BCUT2D eigenvalue weighted by Gasteiger charge is 2.47. The van der Waals surface area contributed by atoms with Crippen LogP contribution in [-0.2, 0) is 32.7 Å². The zero-order valence-electron chi connectivity index (χ0n) is 29.5. The Balaban J connectivity index is 2.00. The molecule has 10 nitrogen and oxygen atoms in total. The summed E-state index contributed by atoms with van der Waals surface area (Å²) in [6.45, 7) is 14.5. The molecule has 11 heteroatoms.